The fourth-order valence-corrected chi connectivity index (χ4v) is 8.21. The van der Waals surface area contributed by atoms with Crippen molar-refractivity contribution in [2.45, 2.75) is 48.7 Å². The van der Waals surface area contributed by atoms with Crippen molar-refractivity contribution in [3.63, 3.8) is 0 Å². The lowest BCUT2D eigenvalue weighted by atomic mass is 10.1. The molecule has 0 spiro atoms. The monoisotopic (exact) mass is 320 g/mol. The van der Waals surface area contributed by atoms with Gasteiger partial charge < -0.3 is 0 Å². The van der Waals surface area contributed by atoms with E-state index in [2.05, 4.69) is 60.9 Å². The summed E-state index contributed by atoms with van der Waals surface area (Å²) in [5.41, 5.74) is 3.32. The minimum Gasteiger partial charge on any atom is -0.147 e. The molecule has 0 aromatic heterocycles. The van der Waals surface area contributed by atoms with Gasteiger partial charge in [-0.05, 0) is 62.5 Å². The van der Waals surface area contributed by atoms with Crippen LogP contribution in [0.25, 0.3) is 0 Å². The molecule has 0 N–H and O–H groups in total. The van der Waals surface area contributed by atoms with E-state index in [-0.39, 0.29) is 0 Å². The first kappa shape index (κ1) is 15.5. The lowest BCUT2D eigenvalue weighted by molar-refractivity contribution is 0.948. The summed E-state index contributed by atoms with van der Waals surface area (Å²) in [6.45, 7) is 4.73. The zero-order chi connectivity index (χ0) is 12.8. The van der Waals surface area contributed by atoms with Crippen molar-refractivity contribution in [1.82, 2.24) is 0 Å². The molecule has 0 unspecified atom stereocenters. The zero-order valence-electron chi connectivity index (χ0n) is 11.4. The molecule has 2 aliphatic rings. The van der Waals surface area contributed by atoms with Gasteiger partial charge in [-0.2, -0.15) is 0 Å². The number of hydrogen-bond donors (Lipinski definition) is 0. The Hall–Kier alpha value is 1.14. The van der Waals surface area contributed by atoms with Crippen molar-refractivity contribution in [2.24, 2.45) is 0 Å². The normalized spacial score (nSPS) is 25.0. The second-order valence-corrected chi connectivity index (χ2v) is 10.9. The van der Waals surface area contributed by atoms with Crippen molar-refractivity contribution in [2.75, 3.05) is 23.0 Å². The van der Waals surface area contributed by atoms with Gasteiger partial charge in [-0.25, -0.2) is 0 Å². The van der Waals surface area contributed by atoms with Crippen molar-refractivity contribution >= 4 is 47.0 Å². The molecule has 18 heavy (non-hydrogen) atoms. The SMILES string of the molecule is C/C(CC1SCCCS1)=C(/C)CC1SCCCS1. The Morgan fingerprint density at radius 3 is 1.39 bits per heavy atom. The lowest BCUT2D eigenvalue weighted by Gasteiger charge is -2.24. The van der Waals surface area contributed by atoms with Crippen LogP contribution in [0.3, 0.4) is 0 Å². The topological polar surface area (TPSA) is 0 Å². The van der Waals surface area contributed by atoms with Crippen LogP contribution in [-0.2, 0) is 0 Å². The molecule has 104 valence electrons. The molecule has 0 aliphatic carbocycles. The Labute approximate surface area is 129 Å². The smallest absolute Gasteiger partial charge is 0.0539 e. The fourth-order valence-electron chi connectivity index (χ4n) is 2.16. The third-order valence-electron chi connectivity index (χ3n) is 3.47. The van der Waals surface area contributed by atoms with Crippen molar-refractivity contribution in [3.8, 4) is 0 Å². The number of thioether (sulfide) groups is 4. The summed E-state index contributed by atoms with van der Waals surface area (Å²) < 4.78 is 1.67. The van der Waals surface area contributed by atoms with E-state index in [1.807, 2.05) is 0 Å². The molecule has 0 aromatic carbocycles. The van der Waals surface area contributed by atoms with E-state index in [9.17, 15) is 0 Å². The molecule has 0 bridgehead atoms. The molecule has 2 heterocycles. The van der Waals surface area contributed by atoms with Gasteiger partial charge in [0, 0.05) is 0 Å². The van der Waals surface area contributed by atoms with E-state index in [0.29, 0.717) is 0 Å². The van der Waals surface area contributed by atoms with E-state index >= 15 is 0 Å². The summed E-state index contributed by atoms with van der Waals surface area (Å²) in [5, 5.41) is 0. The number of rotatable bonds is 4. The van der Waals surface area contributed by atoms with Crippen LogP contribution in [0.15, 0.2) is 11.1 Å². The molecule has 4 heteroatoms. The highest BCUT2D eigenvalue weighted by molar-refractivity contribution is 8.17. The van der Waals surface area contributed by atoms with Gasteiger partial charge in [0.15, 0.2) is 0 Å². The standard InChI is InChI=1S/C14H24S4/c1-11(9-13-15-5-3-6-16-13)12(2)10-14-17-7-4-8-18-14/h13-14H,3-10H2,1-2H3/b12-11+. The van der Waals surface area contributed by atoms with Crippen molar-refractivity contribution < 1.29 is 0 Å². The van der Waals surface area contributed by atoms with Crippen LogP contribution < -0.4 is 0 Å². The Morgan fingerprint density at radius 2 is 1.06 bits per heavy atom. The summed E-state index contributed by atoms with van der Waals surface area (Å²) in [6, 6.07) is 0. The van der Waals surface area contributed by atoms with Crippen LogP contribution in [0, 0.1) is 0 Å². The summed E-state index contributed by atoms with van der Waals surface area (Å²) in [4.78, 5) is 0. The molecule has 2 rings (SSSR count). The minimum absolute atomic E-state index is 0.834. The van der Waals surface area contributed by atoms with Gasteiger partial charge in [-0.1, -0.05) is 11.1 Å². The maximum Gasteiger partial charge on any atom is 0.0539 e. The van der Waals surface area contributed by atoms with Crippen LogP contribution in [0.1, 0.15) is 39.5 Å². The Balaban J connectivity index is 1.79. The average Bonchev–Trinajstić information content (AvgIpc) is 2.41. The summed E-state index contributed by atoms with van der Waals surface area (Å²) in [6.07, 6.45) is 5.43. The molecule has 0 radical (unpaired) electrons. The predicted molar refractivity (Wildman–Crippen MR) is 94.3 cm³/mol. The van der Waals surface area contributed by atoms with E-state index in [0.717, 1.165) is 9.16 Å². The van der Waals surface area contributed by atoms with Crippen molar-refractivity contribution in [1.29, 1.82) is 0 Å². The number of hydrogen-bond acceptors (Lipinski definition) is 4. The molecule has 0 amide bonds. The van der Waals surface area contributed by atoms with Gasteiger partial charge >= 0.3 is 0 Å². The Morgan fingerprint density at radius 1 is 0.722 bits per heavy atom. The highest BCUT2D eigenvalue weighted by Gasteiger charge is 2.18. The molecule has 0 aromatic rings. The highest BCUT2D eigenvalue weighted by atomic mass is 32.2. The second-order valence-electron chi connectivity index (χ2n) is 5.02. The van der Waals surface area contributed by atoms with Gasteiger partial charge in [0.05, 0.1) is 9.16 Å². The molecule has 0 atom stereocenters. The number of allylic oxidation sites excluding steroid dienone is 2. The van der Waals surface area contributed by atoms with Gasteiger partial charge in [-0.3, -0.25) is 0 Å². The molecule has 2 saturated heterocycles. The van der Waals surface area contributed by atoms with Gasteiger partial charge in [0.2, 0.25) is 0 Å². The Bertz CT molecular complexity index is 248. The molecule has 2 fully saturated rings. The third-order valence-corrected chi connectivity index (χ3v) is 9.35. The van der Waals surface area contributed by atoms with E-state index < -0.39 is 0 Å². The van der Waals surface area contributed by atoms with Crippen LogP contribution in [-0.4, -0.2) is 32.2 Å². The average molecular weight is 321 g/mol. The van der Waals surface area contributed by atoms with Gasteiger partial charge in [0.25, 0.3) is 0 Å². The molecular formula is C14H24S4. The van der Waals surface area contributed by atoms with Crippen LogP contribution in [0.4, 0.5) is 0 Å². The summed E-state index contributed by atoms with van der Waals surface area (Å²) >= 11 is 8.69. The van der Waals surface area contributed by atoms with Gasteiger partial charge in [0.1, 0.15) is 0 Å². The van der Waals surface area contributed by atoms with Crippen LogP contribution >= 0.6 is 47.0 Å². The first-order chi connectivity index (χ1) is 8.75. The maximum atomic E-state index is 2.36. The molecular weight excluding hydrogens is 296 g/mol. The van der Waals surface area contributed by atoms with Crippen LogP contribution in [0.5, 0.6) is 0 Å². The van der Waals surface area contributed by atoms with Crippen LogP contribution in [0.2, 0.25) is 0 Å². The van der Waals surface area contributed by atoms with E-state index in [1.165, 1.54) is 48.7 Å². The zero-order valence-corrected chi connectivity index (χ0v) is 14.7. The van der Waals surface area contributed by atoms with E-state index in [1.54, 1.807) is 11.1 Å². The summed E-state index contributed by atoms with van der Waals surface area (Å²) in [7, 11) is 0. The first-order valence-electron chi connectivity index (χ1n) is 6.87. The maximum absolute atomic E-state index is 2.36. The molecule has 2 aliphatic heterocycles. The first-order valence-corrected chi connectivity index (χ1v) is 11.1. The quantitative estimate of drug-likeness (QED) is 0.627. The fraction of sp³-hybridized carbons (Fsp3) is 0.857. The summed E-state index contributed by atoms with van der Waals surface area (Å²) in [5.74, 6) is 5.49. The van der Waals surface area contributed by atoms with Crippen molar-refractivity contribution in [3.05, 3.63) is 11.1 Å². The molecule has 0 saturated carbocycles. The highest BCUT2D eigenvalue weighted by Crippen LogP contribution is 2.38. The lowest BCUT2D eigenvalue weighted by Crippen LogP contribution is -2.10. The third kappa shape index (κ3) is 5.26. The minimum atomic E-state index is 0.834. The predicted octanol–water partition coefficient (Wildman–Crippen LogP) is 5.50. The second kappa shape index (κ2) is 8.43. The van der Waals surface area contributed by atoms with E-state index in [4.69, 9.17) is 0 Å². The van der Waals surface area contributed by atoms with Gasteiger partial charge in [-0.15, -0.1) is 47.0 Å². The Kier molecular flexibility index (Phi) is 7.27. The largest absolute Gasteiger partial charge is 0.147 e. The molecule has 0 nitrogen and oxygen atoms in total.